The zero-order chi connectivity index (χ0) is 14.8. The Bertz CT molecular complexity index is 452. The van der Waals surface area contributed by atoms with E-state index in [-0.39, 0.29) is 0 Å². The standard InChI is InChI=1S/C17H29N3/c1-17(2,13-19(3)4)12-18-11-14-6-7-16-15(10-14)8-9-20(16)5/h6-7,10,18H,8-9,11-13H2,1-5H3. The summed E-state index contributed by atoms with van der Waals surface area (Å²) in [4.78, 5) is 4.60. The van der Waals surface area contributed by atoms with Crippen molar-refractivity contribution in [2.24, 2.45) is 5.41 Å². The van der Waals surface area contributed by atoms with Crippen LogP contribution in [-0.2, 0) is 13.0 Å². The molecule has 2 rings (SSSR count). The van der Waals surface area contributed by atoms with Gasteiger partial charge in [0.15, 0.2) is 0 Å². The van der Waals surface area contributed by atoms with Crippen LogP contribution in [0.2, 0.25) is 0 Å². The third kappa shape index (κ3) is 3.97. The van der Waals surface area contributed by atoms with E-state index < -0.39 is 0 Å². The van der Waals surface area contributed by atoms with E-state index in [4.69, 9.17) is 0 Å². The van der Waals surface area contributed by atoms with Crippen molar-refractivity contribution in [2.45, 2.75) is 26.8 Å². The van der Waals surface area contributed by atoms with E-state index in [1.807, 2.05) is 0 Å². The average molecular weight is 275 g/mol. The second-order valence-corrected chi connectivity index (χ2v) is 7.14. The van der Waals surface area contributed by atoms with Gasteiger partial charge in [0.2, 0.25) is 0 Å². The van der Waals surface area contributed by atoms with E-state index in [0.717, 1.165) is 26.2 Å². The Hall–Kier alpha value is -1.06. The zero-order valence-corrected chi connectivity index (χ0v) is 13.7. The molecule has 1 aromatic carbocycles. The molecule has 3 nitrogen and oxygen atoms in total. The van der Waals surface area contributed by atoms with Crippen molar-refractivity contribution in [3.05, 3.63) is 29.3 Å². The first kappa shape index (κ1) is 15.3. The fourth-order valence-corrected chi connectivity index (χ4v) is 3.19. The number of likely N-dealkylation sites (N-methyl/N-ethyl adjacent to an activating group) is 1. The monoisotopic (exact) mass is 275 g/mol. The average Bonchev–Trinajstić information content (AvgIpc) is 2.69. The van der Waals surface area contributed by atoms with Gasteiger partial charge in [-0.2, -0.15) is 0 Å². The summed E-state index contributed by atoms with van der Waals surface area (Å²) >= 11 is 0. The molecule has 1 N–H and O–H groups in total. The van der Waals surface area contributed by atoms with Crippen LogP contribution in [0.4, 0.5) is 5.69 Å². The van der Waals surface area contributed by atoms with Crippen molar-refractivity contribution in [3.8, 4) is 0 Å². The van der Waals surface area contributed by atoms with Gasteiger partial charge in [0.25, 0.3) is 0 Å². The molecule has 0 spiro atoms. The van der Waals surface area contributed by atoms with Crippen molar-refractivity contribution in [1.82, 2.24) is 10.2 Å². The third-order valence-electron chi connectivity index (χ3n) is 3.95. The van der Waals surface area contributed by atoms with Crippen molar-refractivity contribution in [3.63, 3.8) is 0 Å². The number of anilines is 1. The first-order valence-corrected chi connectivity index (χ1v) is 7.56. The smallest absolute Gasteiger partial charge is 0.0397 e. The molecule has 20 heavy (non-hydrogen) atoms. The Labute approximate surface area is 124 Å². The summed E-state index contributed by atoms with van der Waals surface area (Å²) in [6.45, 7) is 8.91. The van der Waals surface area contributed by atoms with E-state index in [1.165, 1.54) is 23.2 Å². The molecule has 1 aliphatic rings. The molecular formula is C17H29N3. The lowest BCUT2D eigenvalue weighted by atomic mass is 9.93. The maximum absolute atomic E-state index is 3.61. The number of benzene rings is 1. The largest absolute Gasteiger partial charge is 0.374 e. The van der Waals surface area contributed by atoms with Gasteiger partial charge in [-0.3, -0.25) is 0 Å². The minimum atomic E-state index is 0.306. The number of hydrogen-bond acceptors (Lipinski definition) is 3. The Balaban J connectivity index is 1.86. The Kier molecular flexibility index (Phi) is 4.71. The van der Waals surface area contributed by atoms with Crippen LogP contribution in [0.25, 0.3) is 0 Å². The summed E-state index contributed by atoms with van der Waals surface area (Å²) < 4.78 is 0. The highest BCUT2D eigenvalue weighted by Crippen LogP contribution is 2.27. The molecule has 0 unspecified atom stereocenters. The van der Waals surface area contributed by atoms with E-state index >= 15 is 0 Å². The SMILES string of the molecule is CN(C)CC(C)(C)CNCc1ccc2c(c1)CCN2C. The normalized spacial score (nSPS) is 15.0. The van der Waals surface area contributed by atoms with Crippen molar-refractivity contribution < 1.29 is 0 Å². The van der Waals surface area contributed by atoms with Crippen LogP contribution in [0, 0.1) is 5.41 Å². The Morgan fingerprint density at radius 1 is 1.30 bits per heavy atom. The van der Waals surface area contributed by atoms with Gasteiger partial charge in [0.05, 0.1) is 0 Å². The highest BCUT2D eigenvalue weighted by atomic mass is 15.1. The van der Waals surface area contributed by atoms with E-state index in [2.05, 4.69) is 68.3 Å². The molecule has 0 aromatic heterocycles. The maximum atomic E-state index is 3.61. The molecule has 0 radical (unpaired) electrons. The summed E-state index contributed by atoms with van der Waals surface area (Å²) in [7, 11) is 6.45. The fraction of sp³-hybridized carbons (Fsp3) is 0.647. The molecule has 1 aromatic rings. The third-order valence-corrected chi connectivity index (χ3v) is 3.95. The molecule has 0 aliphatic carbocycles. The molecule has 3 heteroatoms. The molecule has 0 fully saturated rings. The summed E-state index contributed by atoms with van der Waals surface area (Å²) in [5, 5.41) is 3.61. The topological polar surface area (TPSA) is 18.5 Å². The van der Waals surface area contributed by atoms with Crippen LogP contribution >= 0.6 is 0 Å². The molecule has 0 atom stereocenters. The molecule has 0 amide bonds. The zero-order valence-electron chi connectivity index (χ0n) is 13.7. The van der Waals surface area contributed by atoms with Crippen LogP contribution in [0.3, 0.4) is 0 Å². The highest BCUT2D eigenvalue weighted by Gasteiger charge is 2.19. The van der Waals surface area contributed by atoms with Gasteiger partial charge in [-0.25, -0.2) is 0 Å². The predicted molar refractivity (Wildman–Crippen MR) is 87.5 cm³/mol. The van der Waals surface area contributed by atoms with Gasteiger partial charge in [-0.1, -0.05) is 26.0 Å². The molecule has 1 heterocycles. The molecule has 112 valence electrons. The Morgan fingerprint density at radius 3 is 2.75 bits per heavy atom. The van der Waals surface area contributed by atoms with Crippen LogP contribution in [0.5, 0.6) is 0 Å². The number of nitrogens with one attached hydrogen (secondary N) is 1. The number of hydrogen-bond donors (Lipinski definition) is 1. The van der Waals surface area contributed by atoms with E-state index in [1.54, 1.807) is 0 Å². The lowest BCUT2D eigenvalue weighted by Crippen LogP contribution is -2.37. The van der Waals surface area contributed by atoms with Crippen molar-refractivity contribution in [1.29, 1.82) is 0 Å². The van der Waals surface area contributed by atoms with Gasteiger partial charge in [-0.05, 0) is 43.1 Å². The second-order valence-electron chi connectivity index (χ2n) is 7.14. The summed E-state index contributed by atoms with van der Waals surface area (Å²) in [6.07, 6.45) is 1.19. The van der Waals surface area contributed by atoms with Crippen LogP contribution in [-0.4, -0.2) is 45.7 Å². The van der Waals surface area contributed by atoms with Crippen molar-refractivity contribution >= 4 is 5.69 Å². The fourth-order valence-electron chi connectivity index (χ4n) is 3.19. The van der Waals surface area contributed by atoms with Gasteiger partial charge >= 0.3 is 0 Å². The van der Waals surface area contributed by atoms with Crippen molar-refractivity contribution in [2.75, 3.05) is 45.7 Å². The quantitative estimate of drug-likeness (QED) is 0.860. The number of nitrogens with zero attached hydrogens (tertiary/aromatic N) is 2. The van der Waals surface area contributed by atoms with E-state index in [9.17, 15) is 0 Å². The summed E-state index contributed by atoms with van der Waals surface area (Å²) in [6, 6.07) is 6.89. The van der Waals surface area contributed by atoms with Crippen LogP contribution in [0.15, 0.2) is 18.2 Å². The molecule has 0 saturated heterocycles. The van der Waals surface area contributed by atoms with Gasteiger partial charge in [-0.15, -0.1) is 0 Å². The van der Waals surface area contributed by atoms with Crippen LogP contribution in [0.1, 0.15) is 25.0 Å². The van der Waals surface area contributed by atoms with Gasteiger partial charge in [0.1, 0.15) is 0 Å². The van der Waals surface area contributed by atoms with Gasteiger partial charge < -0.3 is 15.1 Å². The number of fused-ring (bicyclic) bond motifs is 1. The maximum Gasteiger partial charge on any atom is 0.0397 e. The molecule has 1 aliphatic heterocycles. The molecule has 0 saturated carbocycles. The first-order valence-electron chi connectivity index (χ1n) is 7.56. The highest BCUT2D eigenvalue weighted by molar-refractivity contribution is 5.58. The number of rotatable bonds is 6. The van der Waals surface area contributed by atoms with Gasteiger partial charge in [0, 0.05) is 38.9 Å². The predicted octanol–water partition coefficient (Wildman–Crippen LogP) is 2.36. The van der Waals surface area contributed by atoms with Crippen LogP contribution < -0.4 is 10.2 Å². The second kappa shape index (κ2) is 6.15. The Morgan fingerprint density at radius 2 is 2.05 bits per heavy atom. The van der Waals surface area contributed by atoms with E-state index in [0.29, 0.717) is 5.41 Å². The lowest BCUT2D eigenvalue weighted by molar-refractivity contribution is 0.232. The molecular weight excluding hydrogens is 246 g/mol. The minimum absolute atomic E-state index is 0.306. The minimum Gasteiger partial charge on any atom is -0.374 e. The lowest BCUT2D eigenvalue weighted by Gasteiger charge is -2.28. The summed E-state index contributed by atoms with van der Waals surface area (Å²) in [5.74, 6) is 0. The first-order chi connectivity index (χ1) is 9.37. The summed E-state index contributed by atoms with van der Waals surface area (Å²) in [5.41, 5.74) is 4.61. The molecule has 0 bridgehead atoms.